The van der Waals surface area contributed by atoms with Crippen molar-refractivity contribution in [1.82, 2.24) is 21.2 Å². The summed E-state index contributed by atoms with van der Waals surface area (Å²) in [5.41, 5.74) is 14.1. The van der Waals surface area contributed by atoms with Crippen LogP contribution >= 0.6 is 0 Å². The second kappa shape index (κ2) is 7.47. The summed E-state index contributed by atoms with van der Waals surface area (Å²) >= 11 is 0. The van der Waals surface area contributed by atoms with E-state index in [4.69, 9.17) is 5.73 Å². The number of fused-ring (bicyclic) bond motifs is 3. The normalized spacial score (nSPS) is 20.7. The molecule has 7 heteroatoms. The molecular weight excluding hydrogens is 330 g/mol. The minimum Gasteiger partial charge on any atom is -0.357 e. The summed E-state index contributed by atoms with van der Waals surface area (Å²) in [7, 11) is 0. The third kappa shape index (κ3) is 3.73. The first-order valence-electron chi connectivity index (χ1n) is 9.07. The van der Waals surface area contributed by atoms with Crippen LogP contribution in [0.2, 0.25) is 0 Å². The quantitative estimate of drug-likeness (QED) is 0.530. The average Bonchev–Trinajstić information content (AvgIpc) is 2.98. The van der Waals surface area contributed by atoms with Crippen LogP contribution in [-0.4, -0.2) is 28.9 Å². The number of hydrogen-bond acceptors (Lipinski definition) is 4. The van der Waals surface area contributed by atoms with Crippen LogP contribution in [0.5, 0.6) is 0 Å². The fraction of sp³-hybridized carbons (Fsp3) is 0.474. The van der Waals surface area contributed by atoms with Crippen LogP contribution in [0.4, 0.5) is 0 Å². The molecule has 2 aromatic rings. The van der Waals surface area contributed by atoms with Crippen LogP contribution in [0.3, 0.4) is 0 Å². The van der Waals surface area contributed by atoms with Crippen molar-refractivity contribution in [2.24, 2.45) is 11.7 Å². The van der Waals surface area contributed by atoms with Crippen LogP contribution < -0.4 is 21.9 Å². The molecule has 0 aliphatic carbocycles. The van der Waals surface area contributed by atoms with E-state index in [-0.39, 0.29) is 17.9 Å². The highest BCUT2D eigenvalue weighted by Crippen LogP contribution is 2.31. The van der Waals surface area contributed by atoms with E-state index in [0.29, 0.717) is 18.8 Å². The van der Waals surface area contributed by atoms with Gasteiger partial charge in [0.25, 0.3) is 11.8 Å². The van der Waals surface area contributed by atoms with Gasteiger partial charge in [0.05, 0.1) is 12.1 Å². The zero-order valence-corrected chi connectivity index (χ0v) is 15.4. The lowest BCUT2D eigenvalue weighted by Gasteiger charge is -2.28. The molecular formula is C19H27N5O2. The molecule has 0 radical (unpaired) electrons. The van der Waals surface area contributed by atoms with E-state index in [1.54, 1.807) is 0 Å². The molecule has 0 saturated carbocycles. The van der Waals surface area contributed by atoms with Crippen LogP contribution in [0.15, 0.2) is 24.3 Å². The van der Waals surface area contributed by atoms with Gasteiger partial charge in [0.1, 0.15) is 0 Å². The number of benzene rings is 1. The van der Waals surface area contributed by atoms with Crippen LogP contribution in [-0.2, 0) is 16.0 Å². The molecule has 0 spiro atoms. The maximum absolute atomic E-state index is 12.5. The molecule has 2 heterocycles. The van der Waals surface area contributed by atoms with Gasteiger partial charge in [-0.25, -0.2) is 0 Å². The van der Waals surface area contributed by atoms with E-state index in [0.717, 1.165) is 22.2 Å². The third-order valence-electron chi connectivity index (χ3n) is 4.83. The molecule has 26 heavy (non-hydrogen) atoms. The minimum atomic E-state index is -0.631. The number of para-hydroxylation sites is 1. The number of H-pyrrole nitrogens is 1. The molecule has 0 bridgehead atoms. The summed E-state index contributed by atoms with van der Waals surface area (Å²) in [5.74, 6) is -0.325. The number of nitrogens with one attached hydrogen (secondary N) is 4. The molecule has 6 N–H and O–H groups in total. The zero-order valence-electron chi connectivity index (χ0n) is 15.4. The second-order valence-electron chi connectivity index (χ2n) is 7.42. The Labute approximate surface area is 153 Å². The van der Waals surface area contributed by atoms with E-state index >= 15 is 0 Å². The molecule has 1 aliphatic heterocycles. The van der Waals surface area contributed by atoms with E-state index in [1.165, 1.54) is 0 Å². The van der Waals surface area contributed by atoms with Gasteiger partial charge in [0.2, 0.25) is 0 Å². The van der Waals surface area contributed by atoms with Gasteiger partial charge in [0.15, 0.2) is 0 Å². The molecule has 1 aromatic carbocycles. The van der Waals surface area contributed by atoms with Crippen molar-refractivity contribution in [2.75, 3.05) is 0 Å². The van der Waals surface area contributed by atoms with Gasteiger partial charge in [-0.05, 0) is 37.3 Å². The number of carbonyl (C=O) groups is 2. The van der Waals surface area contributed by atoms with Crippen molar-refractivity contribution >= 4 is 22.7 Å². The number of nitrogens with two attached hydrogens (primary N) is 1. The number of rotatable bonds is 4. The monoisotopic (exact) mass is 357 g/mol. The first-order chi connectivity index (χ1) is 12.4. The number of hydrogen-bond donors (Lipinski definition) is 5. The molecule has 7 nitrogen and oxygen atoms in total. The van der Waals surface area contributed by atoms with Crippen LogP contribution in [0, 0.1) is 5.92 Å². The first-order valence-corrected chi connectivity index (χ1v) is 9.07. The highest BCUT2D eigenvalue weighted by Gasteiger charge is 2.31. The fourth-order valence-corrected chi connectivity index (χ4v) is 3.54. The lowest BCUT2D eigenvalue weighted by Crippen LogP contribution is -2.56. The highest BCUT2D eigenvalue weighted by atomic mass is 16.2. The number of carbonyl (C=O) groups excluding carboxylic acids is 2. The van der Waals surface area contributed by atoms with Crippen LogP contribution in [0.1, 0.15) is 44.5 Å². The number of amides is 2. The molecule has 0 unspecified atom stereocenters. The number of hydrazine groups is 1. The van der Waals surface area contributed by atoms with E-state index < -0.39 is 12.1 Å². The predicted octanol–water partition coefficient (Wildman–Crippen LogP) is 1.26. The maximum Gasteiger partial charge on any atom is 0.255 e. The Morgan fingerprint density at radius 3 is 2.73 bits per heavy atom. The molecule has 0 saturated heterocycles. The fourth-order valence-electron chi connectivity index (χ4n) is 3.54. The van der Waals surface area contributed by atoms with Gasteiger partial charge in [-0.1, -0.05) is 32.0 Å². The molecule has 2 amide bonds. The summed E-state index contributed by atoms with van der Waals surface area (Å²) in [6.45, 7) is 6.01. The smallest absolute Gasteiger partial charge is 0.255 e. The Morgan fingerprint density at radius 2 is 2.00 bits per heavy atom. The van der Waals surface area contributed by atoms with Gasteiger partial charge in [-0.2, -0.15) is 0 Å². The van der Waals surface area contributed by atoms with Gasteiger partial charge in [0, 0.05) is 22.6 Å². The SMILES string of the molecule is CC(C)C[C@@H](N)C(=O)NNC(=O)[C@@H]1Cc2c([nH]c3ccccc23)[C@H](C)N1. The Hall–Kier alpha value is -2.38. The zero-order chi connectivity index (χ0) is 18.8. The number of aromatic amines is 1. The van der Waals surface area contributed by atoms with Crippen molar-refractivity contribution in [3.05, 3.63) is 35.5 Å². The van der Waals surface area contributed by atoms with Gasteiger partial charge in [-0.15, -0.1) is 0 Å². The Balaban J connectivity index is 1.65. The molecule has 3 rings (SSSR count). The lowest BCUT2D eigenvalue weighted by atomic mass is 9.94. The van der Waals surface area contributed by atoms with E-state index in [2.05, 4.69) is 27.2 Å². The molecule has 3 atom stereocenters. The minimum absolute atomic E-state index is 0.0146. The van der Waals surface area contributed by atoms with Crippen LogP contribution in [0.25, 0.3) is 10.9 Å². The summed E-state index contributed by atoms with van der Waals surface area (Å²) in [5, 5.41) is 4.43. The van der Waals surface area contributed by atoms with Crippen molar-refractivity contribution in [2.45, 2.75) is 51.7 Å². The van der Waals surface area contributed by atoms with Gasteiger partial charge in [-0.3, -0.25) is 25.8 Å². The first kappa shape index (κ1) is 18.4. The molecule has 0 fully saturated rings. The topological polar surface area (TPSA) is 112 Å². The molecule has 1 aromatic heterocycles. The Bertz CT molecular complexity index is 813. The average molecular weight is 357 g/mol. The van der Waals surface area contributed by atoms with Crippen molar-refractivity contribution in [3.8, 4) is 0 Å². The summed E-state index contributed by atoms with van der Waals surface area (Å²) in [6.07, 6.45) is 1.13. The van der Waals surface area contributed by atoms with Crippen molar-refractivity contribution < 1.29 is 9.59 Å². The van der Waals surface area contributed by atoms with Crippen molar-refractivity contribution in [3.63, 3.8) is 0 Å². The third-order valence-corrected chi connectivity index (χ3v) is 4.83. The van der Waals surface area contributed by atoms with Gasteiger partial charge >= 0.3 is 0 Å². The standard InChI is InChI=1S/C19H27N5O2/c1-10(2)8-14(20)18(25)23-24-19(26)16-9-13-12-6-4-5-7-15(12)22-17(13)11(3)21-16/h4-7,10-11,14,16,21-22H,8-9,20H2,1-3H3,(H,23,25)(H,24,26)/t11-,14+,16-/m0/s1. The maximum atomic E-state index is 12.5. The Kier molecular flexibility index (Phi) is 5.29. The van der Waals surface area contributed by atoms with Crippen molar-refractivity contribution in [1.29, 1.82) is 0 Å². The summed E-state index contributed by atoms with van der Waals surface area (Å²) in [4.78, 5) is 27.9. The van der Waals surface area contributed by atoms with Gasteiger partial charge < -0.3 is 10.7 Å². The second-order valence-corrected chi connectivity index (χ2v) is 7.42. The van der Waals surface area contributed by atoms with E-state index in [1.807, 2.05) is 39.0 Å². The molecule has 140 valence electrons. The summed E-state index contributed by atoms with van der Waals surface area (Å²) in [6, 6.07) is 7.04. The van der Waals surface area contributed by atoms with E-state index in [9.17, 15) is 9.59 Å². The number of aromatic nitrogens is 1. The lowest BCUT2D eigenvalue weighted by molar-refractivity contribution is -0.131. The predicted molar refractivity (Wildman–Crippen MR) is 101 cm³/mol. The largest absolute Gasteiger partial charge is 0.357 e. The highest BCUT2D eigenvalue weighted by molar-refractivity contribution is 5.90. The summed E-state index contributed by atoms with van der Waals surface area (Å²) < 4.78 is 0. The Morgan fingerprint density at radius 1 is 1.27 bits per heavy atom. The molecule has 1 aliphatic rings.